The van der Waals surface area contributed by atoms with Crippen molar-refractivity contribution in [3.8, 4) is 0 Å². The number of thiazole rings is 1. The van der Waals surface area contributed by atoms with E-state index >= 15 is 0 Å². The number of hydrogen-bond donors (Lipinski definition) is 1. The summed E-state index contributed by atoms with van der Waals surface area (Å²) in [6.07, 6.45) is -3.34. The SMILES string of the molecule is OC(CCCl)(c1ccccc1)c1cnc(C(F)(F)F)s1. The molecule has 1 aromatic carbocycles. The highest BCUT2D eigenvalue weighted by Crippen LogP contribution is 2.40. The average molecular weight is 322 g/mol. The molecule has 0 saturated carbocycles. The molecule has 1 atom stereocenters. The van der Waals surface area contributed by atoms with Crippen molar-refractivity contribution in [2.75, 3.05) is 5.88 Å². The number of benzene rings is 1. The van der Waals surface area contributed by atoms with Crippen LogP contribution in [0.2, 0.25) is 0 Å². The molecule has 20 heavy (non-hydrogen) atoms. The number of aromatic nitrogens is 1. The van der Waals surface area contributed by atoms with E-state index in [1.807, 2.05) is 0 Å². The van der Waals surface area contributed by atoms with Gasteiger partial charge in [-0.1, -0.05) is 30.3 Å². The summed E-state index contributed by atoms with van der Waals surface area (Å²) >= 11 is 6.12. The standard InChI is InChI=1S/C13H11ClF3NOS/c14-7-6-12(19,9-4-2-1-3-5-9)10-8-18-11(20-10)13(15,16)17/h1-5,8,19H,6-7H2. The lowest BCUT2D eigenvalue weighted by molar-refractivity contribution is -0.137. The van der Waals surface area contributed by atoms with Crippen LogP contribution in [0, 0.1) is 0 Å². The molecule has 0 bridgehead atoms. The van der Waals surface area contributed by atoms with Crippen molar-refractivity contribution in [2.24, 2.45) is 0 Å². The van der Waals surface area contributed by atoms with Crippen LogP contribution in [0.15, 0.2) is 36.5 Å². The Balaban J connectivity index is 2.46. The average Bonchev–Trinajstić information content (AvgIpc) is 2.90. The van der Waals surface area contributed by atoms with Crippen LogP contribution in [-0.4, -0.2) is 16.0 Å². The lowest BCUT2D eigenvalue weighted by Crippen LogP contribution is -2.26. The van der Waals surface area contributed by atoms with Gasteiger partial charge in [0, 0.05) is 12.1 Å². The van der Waals surface area contributed by atoms with Gasteiger partial charge in [-0.3, -0.25) is 0 Å². The molecule has 0 saturated heterocycles. The molecule has 2 aromatic rings. The van der Waals surface area contributed by atoms with Crippen LogP contribution in [0.4, 0.5) is 13.2 Å². The molecule has 108 valence electrons. The van der Waals surface area contributed by atoms with Gasteiger partial charge in [0.1, 0.15) is 5.60 Å². The Morgan fingerprint density at radius 3 is 2.35 bits per heavy atom. The summed E-state index contributed by atoms with van der Waals surface area (Å²) in [5, 5.41) is 9.78. The topological polar surface area (TPSA) is 33.1 Å². The lowest BCUT2D eigenvalue weighted by atomic mass is 9.90. The predicted molar refractivity (Wildman–Crippen MR) is 71.9 cm³/mol. The molecule has 0 fully saturated rings. The third-order valence-corrected chi connectivity index (χ3v) is 4.25. The largest absolute Gasteiger partial charge is 0.443 e. The molecular weight excluding hydrogens is 311 g/mol. The smallest absolute Gasteiger partial charge is 0.379 e. The van der Waals surface area contributed by atoms with Crippen molar-refractivity contribution >= 4 is 22.9 Å². The molecule has 1 unspecified atom stereocenters. The second-order valence-electron chi connectivity index (χ2n) is 4.19. The highest BCUT2D eigenvalue weighted by molar-refractivity contribution is 7.11. The van der Waals surface area contributed by atoms with E-state index in [0.29, 0.717) is 16.9 Å². The zero-order valence-corrected chi connectivity index (χ0v) is 11.8. The van der Waals surface area contributed by atoms with E-state index in [-0.39, 0.29) is 17.2 Å². The van der Waals surface area contributed by atoms with Gasteiger partial charge in [0.25, 0.3) is 0 Å². The Bertz CT molecular complexity index is 572. The summed E-state index contributed by atoms with van der Waals surface area (Å²) in [5.74, 6) is 0.116. The Morgan fingerprint density at radius 1 is 1.20 bits per heavy atom. The molecule has 1 N–H and O–H groups in total. The number of aliphatic hydroxyl groups is 1. The molecule has 7 heteroatoms. The number of nitrogens with zero attached hydrogens (tertiary/aromatic N) is 1. The van der Waals surface area contributed by atoms with Crippen LogP contribution in [-0.2, 0) is 11.8 Å². The van der Waals surface area contributed by atoms with Gasteiger partial charge in [0.15, 0.2) is 5.01 Å². The van der Waals surface area contributed by atoms with Crippen molar-refractivity contribution < 1.29 is 18.3 Å². The Morgan fingerprint density at radius 2 is 1.85 bits per heavy atom. The fourth-order valence-corrected chi connectivity index (χ4v) is 3.05. The first-order valence-corrected chi connectivity index (χ1v) is 7.10. The van der Waals surface area contributed by atoms with Gasteiger partial charge in [-0.2, -0.15) is 13.2 Å². The summed E-state index contributed by atoms with van der Waals surface area (Å²) in [6.45, 7) is 0. The molecule has 1 heterocycles. The minimum atomic E-state index is -4.51. The van der Waals surface area contributed by atoms with Crippen molar-refractivity contribution in [1.82, 2.24) is 4.98 Å². The number of alkyl halides is 4. The van der Waals surface area contributed by atoms with E-state index < -0.39 is 16.8 Å². The van der Waals surface area contributed by atoms with Crippen LogP contribution >= 0.6 is 22.9 Å². The molecule has 0 aliphatic carbocycles. The minimum absolute atomic E-state index is 0.109. The quantitative estimate of drug-likeness (QED) is 0.863. The normalized spacial score (nSPS) is 15.1. The number of halogens is 4. The van der Waals surface area contributed by atoms with Crippen molar-refractivity contribution in [3.63, 3.8) is 0 Å². The Labute approximate surface area is 122 Å². The summed E-state index contributed by atoms with van der Waals surface area (Å²) in [7, 11) is 0. The minimum Gasteiger partial charge on any atom is -0.379 e. The first-order valence-electron chi connectivity index (χ1n) is 5.75. The monoisotopic (exact) mass is 321 g/mol. The molecule has 0 radical (unpaired) electrons. The highest BCUT2D eigenvalue weighted by Gasteiger charge is 2.39. The molecule has 0 amide bonds. The molecule has 2 rings (SSSR count). The second-order valence-corrected chi connectivity index (χ2v) is 5.60. The summed E-state index contributed by atoms with van der Waals surface area (Å²) < 4.78 is 37.9. The third kappa shape index (κ3) is 2.97. The zero-order valence-electron chi connectivity index (χ0n) is 10.2. The van der Waals surface area contributed by atoms with E-state index in [1.54, 1.807) is 30.3 Å². The maximum atomic E-state index is 12.6. The highest BCUT2D eigenvalue weighted by atomic mass is 35.5. The van der Waals surface area contributed by atoms with Gasteiger partial charge in [-0.05, 0) is 12.0 Å². The molecule has 0 aliphatic heterocycles. The van der Waals surface area contributed by atoms with Gasteiger partial charge < -0.3 is 5.11 Å². The van der Waals surface area contributed by atoms with E-state index in [9.17, 15) is 18.3 Å². The van der Waals surface area contributed by atoms with Crippen molar-refractivity contribution in [2.45, 2.75) is 18.2 Å². The van der Waals surface area contributed by atoms with Crippen LogP contribution < -0.4 is 0 Å². The van der Waals surface area contributed by atoms with Crippen LogP contribution in [0.25, 0.3) is 0 Å². The Kier molecular flexibility index (Phi) is 4.36. The van der Waals surface area contributed by atoms with E-state index in [1.165, 1.54) is 0 Å². The molecular formula is C13H11ClF3NOS. The van der Waals surface area contributed by atoms with Gasteiger partial charge in [-0.15, -0.1) is 22.9 Å². The summed E-state index contributed by atoms with van der Waals surface area (Å²) in [6, 6.07) is 8.48. The predicted octanol–water partition coefficient (Wildman–Crippen LogP) is 4.03. The van der Waals surface area contributed by atoms with Gasteiger partial charge in [-0.25, -0.2) is 4.98 Å². The lowest BCUT2D eigenvalue weighted by Gasteiger charge is -2.26. The number of rotatable bonds is 4. The van der Waals surface area contributed by atoms with Crippen LogP contribution in [0.3, 0.4) is 0 Å². The van der Waals surface area contributed by atoms with Crippen LogP contribution in [0.1, 0.15) is 21.9 Å². The first-order chi connectivity index (χ1) is 9.38. The fourth-order valence-electron chi connectivity index (χ4n) is 1.86. The maximum Gasteiger partial charge on any atom is 0.443 e. The third-order valence-electron chi connectivity index (χ3n) is 2.86. The molecule has 0 aliphatic rings. The molecule has 1 aromatic heterocycles. The Hall–Kier alpha value is -1.11. The molecule has 2 nitrogen and oxygen atoms in total. The van der Waals surface area contributed by atoms with Crippen LogP contribution in [0.5, 0.6) is 0 Å². The van der Waals surface area contributed by atoms with E-state index in [2.05, 4.69) is 4.98 Å². The van der Waals surface area contributed by atoms with Gasteiger partial charge in [0.05, 0.1) is 4.88 Å². The molecule has 0 spiro atoms. The fraction of sp³-hybridized carbons (Fsp3) is 0.308. The van der Waals surface area contributed by atoms with Crippen molar-refractivity contribution in [1.29, 1.82) is 0 Å². The first kappa shape index (κ1) is 15.3. The zero-order chi connectivity index (χ0) is 14.8. The summed E-state index contributed by atoms with van der Waals surface area (Å²) in [5.41, 5.74) is -1.05. The summed E-state index contributed by atoms with van der Waals surface area (Å²) in [4.78, 5) is 3.49. The van der Waals surface area contributed by atoms with Crippen molar-refractivity contribution in [3.05, 3.63) is 52.0 Å². The van der Waals surface area contributed by atoms with Gasteiger partial charge >= 0.3 is 6.18 Å². The van der Waals surface area contributed by atoms with E-state index in [0.717, 1.165) is 6.20 Å². The van der Waals surface area contributed by atoms with E-state index in [4.69, 9.17) is 11.6 Å². The number of hydrogen-bond acceptors (Lipinski definition) is 3. The maximum absolute atomic E-state index is 12.6. The van der Waals surface area contributed by atoms with Gasteiger partial charge in [0.2, 0.25) is 0 Å². The second kappa shape index (κ2) is 5.71.